The molecular weight excluding hydrogens is 1060 g/mol. The molecule has 0 aliphatic rings. The number of aromatic nitrogens is 4. The van der Waals surface area contributed by atoms with Crippen molar-refractivity contribution in [1.82, 2.24) is 30.6 Å². The van der Waals surface area contributed by atoms with E-state index in [9.17, 15) is 23.6 Å². The number of anilines is 2. The summed E-state index contributed by atoms with van der Waals surface area (Å²) in [5.41, 5.74) is 6.52. The van der Waals surface area contributed by atoms with E-state index in [-0.39, 0.29) is 58.0 Å². The summed E-state index contributed by atoms with van der Waals surface area (Å²) < 4.78 is 26.8. The molecule has 73 heavy (non-hydrogen) atoms. The van der Waals surface area contributed by atoms with E-state index < -0.39 is 7.12 Å². The highest BCUT2D eigenvalue weighted by molar-refractivity contribution is 14.0. The third kappa shape index (κ3) is 17.6. The maximum Gasteiger partial charge on any atom is 0.489 e. The molecule has 4 aromatic heterocycles. The molecule has 0 unspecified atom stereocenters. The summed E-state index contributed by atoms with van der Waals surface area (Å²) in [6.07, 6.45) is 7.87. The Hall–Kier alpha value is -8.14. The van der Waals surface area contributed by atoms with Gasteiger partial charge in [0.25, 0.3) is 11.8 Å². The van der Waals surface area contributed by atoms with Gasteiger partial charge in [-0.1, -0.05) is 84.4 Å². The monoisotopic (exact) mass is 1110 g/mol. The lowest BCUT2D eigenvalue weighted by molar-refractivity contribution is 0.0943. The zero-order valence-electron chi connectivity index (χ0n) is 38.9. The number of amides is 2. The van der Waals surface area contributed by atoms with E-state index in [1.54, 1.807) is 85.5 Å². The summed E-state index contributed by atoms with van der Waals surface area (Å²) in [6.45, 7) is 1.62. The summed E-state index contributed by atoms with van der Waals surface area (Å²) in [6, 6.07) is 44.4. The topological polar surface area (TPSA) is 222 Å². The summed E-state index contributed by atoms with van der Waals surface area (Å²) in [7, 11) is -1.56. The number of nitrogens with one attached hydrogen (secondary N) is 4. The van der Waals surface area contributed by atoms with E-state index in [2.05, 4.69) is 47.3 Å². The molecule has 0 aliphatic carbocycles. The fourth-order valence-corrected chi connectivity index (χ4v) is 7.05. The van der Waals surface area contributed by atoms with E-state index in [4.69, 9.17) is 26.9 Å². The molecule has 0 bridgehead atoms. The predicted molar refractivity (Wildman–Crippen MR) is 288 cm³/mol. The fourth-order valence-electron chi connectivity index (χ4n) is 6.90. The summed E-state index contributed by atoms with van der Waals surface area (Å²) in [5, 5.41) is 47.8. The minimum atomic E-state index is -1.56. The highest BCUT2D eigenvalue weighted by Gasteiger charge is 2.17. The maximum atomic E-state index is 13.5. The van der Waals surface area contributed by atoms with Crippen molar-refractivity contribution >= 4 is 71.6 Å². The third-order valence-corrected chi connectivity index (χ3v) is 10.7. The number of pyridine rings is 4. The Bertz CT molecular complexity index is 3170. The van der Waals surface area contributed by atoms with Gasteiger partial charge in [-0.3, -0.25) is 19.6 Å². The van der Waals surface area contributed by atoms with Crippen LogP contribution in [0.15, 0.2) is 170 Å². The highest BCUT2D eigenvalue weighted by Crippen LogP contribution is 2.25. The predicted octanol–water partition coefficient (Wildman–Crippen LogP) is 8.45. The van der Waals surface area contributed by atoms with Crippen LogP contribution < -0.4 is 26.7 Å². The number of hydrogen-bond donors (Lipinski definition) is 6. The molecule has 19 heteroatoms. The number of carbonyl (C=O) groups is 2. The molecule has 0 fully saturated rings. The second kappa shape index (κ2) is 29.3. The Labute approximate surface area is 443 Å². The standard InChI is InChI=1S/C27H22FN5O.C20H18ClFN4O.C7H6BNO2.HI/c28-22-8-3-5-19(15-22)12-14-31-26-24(27(34)32-18-20-6-4-13-30-17-20)10-11-25(33-26)23-9-2-1-7-21(23)16-29;21-18-7-6-17(20(27)25-13-15-4-2-9-23-12-15)19(26-18)24-10-8-14-3-1-5-16(22)11-14;9-5-6-3-1-2-4-7(6)8(10)11;/h1-11,13,15,17H,12,14,18H2,(H,31,33)(H,32,34);1-7,9,11-12H,8,10,13H2,(H,24,26)(H,25,27);1-4,10-11H;1H. The van der Waals surface area contributed by atoms with Crippen LogP contribution in [0.2, 0.25) is 5.15 Å². The van der Waals surface area contributed by atoms with Crippen molar-refractivity contribution < 1.29 is 28.4 Å². The molecule has 6 N–H and O–H groups in total. The lowest BCUT2D eigenvalue weighted by atomic mass is 9.77. The Morgan fingerprint density at radius 2 is 1.08 bits per heavy atom. The average molecular weight is 1110 g/mol. The summed E-state index contributed by atoms with van der Waals surface area (Å²) in [4.78, 5) is 42.5. The molecule has 4 aromatic carbocycles. The quantitative estimate of drug-likeness (QED) is 0.0305. The van der Waals surface area contributed by atoms with Crippen molar-refractivity contribution in [2.45, 2.75) is 25.9 Å². The molecule has 8 aromatic rings. The van der Waals surface area contributed by atoms with Crippen molar-refractivity contribution in [2.24, 2.45) is 0 Å². The van der Waals surface area contributed by atoms with Crippen LogP contribution in [0.1, 0.15) is 54.1 Å². The van der Waals surface area contributed by atoms with Gasteiger partial charge in [0.15, 0.2) is 0 Å². The lowest BCUT2D eigenvalue weighted by Gasteiger charge is -2.14. The number of carbonyl (C=O) groups excluding carboxylic acids is 2. The van der Waals surface area contributed by atoms with Gasteiger partial charge in [0, 0.05) is 56.5 Å². The van der Waals surface area contributed by atoms with E-state index >= 15 is 0 Å². The highest BCUT2D eigenvalue weighted by atomic mass is 127. The van der Waals surface area contributed by atoms with Gasteiger partial charge in [0.2, 0.25) is 0 Å². The van der Waals surface area contributed by atoms with Crippen molar-refractivity contribution in [1.29, 1.82) is 10.5 Å². The second-order valence-corrected chi connectivity index (χ2v) is 15.9. The van der Waals surface area contributed by atoms with Crippen LogP contribution in [0.3, 0.4) is 0 Å². The second-order valence-electron chi connectivity index (χ2n) is 15.6. The van der Waals surface area contributed by atoms with E-state index in [0.29, 0.717) is 84.2 Å². The van der Waals surface area contributed by atoms with Gasteiger partial charge in [0.05, 0.1) is 40.1 Å². The molecule has 0 spiro atoms. The largest absolute Gasteiger partial charge is 0.489 e. The summed E-state index contributed by atoms with van der Waals surface area (Å²) in [5.74, 6) is -0.334. The lowest BCUT2D eigenvalue weighted by Crippen LogP contribution is -2.31. The first-order chi connectivity index (χ1) is 35.0. The number of benzene rings is 4. The van der Waals surface area contributed by atoms with Gasteiger partial charge in [0.1, 0.15) is 28.4 Å². The van der Waals surface area contributed by atoms with Crippen molar-refractivity contribution in [3.63, 3.8) is 0 Å². The minimum Gasteiger partial charge on any atom is -0.423 e. The van der Waals surface area contributed by atoms with Gasteiger partial charge in [-0.05, 0) is 113 Å². The first kappa shape index (κ1) is 55.8. The van der Waals surface area contributed by atoms with Crippen LogP contribution in [0.25, 0.3) is 11.3 Å². The van der Waals surface area contributed by atoms with E-state index in [1.165, 1.54) is 36.4 Å². The Kier molecular flexibility index (Phi) is 22.4. The van der Waals surface area contributed by atoms with Crippen molar-refractivity contribution in [3.8, 4) is 23.4 Å². The fraction of sp³-hybridized carbons (Fsp3) is 0.111. The van der Waals surface area contributed by atoms with Gasteiger partial charge in [-0.25, -0.2) is 18.7 Å². The van der Waals surface area contributed by atoms with E-state index in [0.717, 1.165) is 22.3 Å². The third-order valence-electron chi connectivity index (χ3n) is 10.5. The number of nitrogens with zero attached hydrogens (tertiary/aromatic N) is 6. The minimum absolute atomic E-state index is 0. The molecule has 2 amide bonds. The molecule has 368 valence electrons. The van der Waals surface area contributed by atoms with E-state index in [1.807, 2.05) is 54.6 Å². The molecule has 0 saturated heterocycles. The first-order valence-corrected chi connectivity index (χ1v) is 22.7. The molecule has 8 rings (SSSR count). The Morgan fingerprint density at radius 1 is 0.589 bits per heavy atom. The zero-order chi connectivity index (χ0) is 51.1. The maximum absolute atomic E-state index is 13.5. The van der Waals surface area contributed by atoms with Crippen LogP contribution in [-0.4, -0.2) is 62.0 Å². The Balaban J connectivity index is 0.000000225. The van der Waals surface area contributed by atoms with Crippen LogP contribution in [0.4, 0.5) is 20.4 Å². The van der Waals surface area contributed by atoms with Gasteiger partial charge >= 0.3 is 7.12 Å². The molecule has 0 aliphatic heterocycles. The van der Waals surface area contributed by atoms with Gasteiger partial charge < -0.3 is 31.3 Å². The molecule has 0 radical (unpaired) electrons. The SMILES string of the molecule is I.N#Cc1ccccc1-c1ccc(C(=O)NCc2cccnc2)c(NCCc2cccc(F)c2)n1.N#Cc1ccccc1B(O)O.O=C(NCc1cccnc1)c1ccc(Cl)nc1NCCc1cccc(F)c1. The number of nitriles is 2. The number of hydrogen-bond acceptors (Lipinski definition) is 12. The molecule has 0 atom stereocenters. The van der Waals surface area contributed by atoms with Crippen LogP contribution >= 0.6 is 35.6 Å². The average Bonchev–Trinajstić information content (AvgIpc) is 3.40. The van der Waals surface area contributed by atoms with Crippen molar-refractivity contribution in [3.05, 3.63) is 232 Å². The molecular formula is C54H47BClF2IN10O4. The van der Waals surface area contributed by atoms with Gasteiger partial charge in [-0.15, -0.1) is 24.0 Å². The normalized spacial score (nSPS) is 10.0. The molecule has 4 heterocycles. The number of rotatable bonds is 16. The van der Waals surface area contributed by atoms with Gasteiger partial charge in [-0.2, -0.15) is 10.5 Å². The molecule has 14 nitrogen and oxygen atoms in total. The van der Waals surface area contributed by atoms with Crippen LogP contribution in [0, 0.1) is 34.3 Å². The zero-order valence-corrected chi connectivity index (χ0v) is 42.0. The Morgan fingerprint density at radius 3 is 1.58 bits per heavy atom. The number of halogens is 4. The smallest absolute Gasteiger partial charge is 0.423 e. The van der Waals surface area contributed by atoms with Crippen LogP contribution in [-0.2, 0) is 25.9 Å². The first-order valence-electron chi connectivity index (χ1n) is 22.3. The van der Waals surface area contributed by atoms with Crippen molar-refractivity contribution in [2.75, 3.05) is 23.7 Å². The van der Waals surface area contributed by atoms with Crippen LogP contribution in [0.5, 0.6) is 0 Å². The molecule has 0 saturated carbocycles. The summed E-state index contributed by atoms with van der Waals surface area (Å²) >= 11 is 5.97.